The Morgan fingerprint density at radius 3 is 2.39 bits per heavy atom. The van der Waals surface area contributed by atoms with E-state index in [4.69, 9.17) is 11.6 Å². The van der Waals surface area contributed by atoms with Crippen LogP contribution in [0.1, 0.15) is 26.3 Å². The van der Waals surface area contributed by atoms with E-state index in [1.807, 2.05) is 13.8 Å². The number of hydrogen-bond donors (Lipinski definition) is 1. The van der Waals surface area contributed by atoms with Crippen LogP contribution in [0.5, 0.6) is 0 Å². The molecule has 1 N–H and O–H groups in total. The largest absolute Gasteiger partial charge is 0.416 e. The van der Waals surface area contributed by atoms with E-state index in [0.29, 0.717) is 6.54 Å². The maximum Gasteiger partial charge on any atom is 0.416 e. The van der Waals surface area contributed by atoms with E-state index in [2.05, 4.69) is 5.32 Å². The molecule has 0 saturated carbocycles. The van der Waals surface area contributed by atoms with E-state index in [-0.39, 0.29) is 29.1 Å². The molecule has 0 bridgehead atoms. The normalized spacial score (nSPS) is 11.5. The minimum Gasteiger partial charge on any atom is -0.333 e. The van der Waals surface area contributed by atoms with E-state index in [0.717, 1.165) is 18.2 Å². The molecular weight excluding hydrogens is 333 g/mol. The standard InChI is InChI=1S/C15H18ClF3N2O2/c1-9(2)7-21(10(3)22)8-14(23)20-13-6-11(15(17,18)19)4-5-12(13)16/h4-6,9H,7-8H2,1-3H3,(H,20,23). The zero-order valence-electron chi connectivity index (χ0n) is 13.0. The van der Waals surface area contributed by atoms with Crippen LogP contribution in [0.2, 0.25) is 5.02 Å². The lowest BCUT2D eigenvalue weighted by Crippen LogP contribution is -2.38. The number of alkyl halides is 3. The smallest absolute Gasteiger partial charge is 0.333 e. The Kier molecular flexibility index (Phi) is 6.44. The Morgan fingerprint density at radius 1 is 1.30 bits per heavy atom. The molecule has 0 heterocycles. The third kappa shape index (κ3) is 6.09. The molecule has 23 heavy (non-hydrogen) atoms. The van der Waals surface area contributed by atoms with Crippen molar-refractivity contribution in [1.82, 2.24) is 4.90 Å². The van der Waals surface area contributed by atoms with Gasteiger partial charge < -0.3 is 10.2 Å². The highest BCUT2D eigenvalue weighted by Gasteiger charge is 2.31. The molecule has 8 heteroatoms. The second kappa shape index (κ2) is 7.68. The van der Waals surface area contributed by atoms with Gasteiger partial charge in [-0.3, -0.25) is 9.59 Å². The number of anilines is 1. The molecule has 0 radical (unpaired) electrons. The number of nitrogens with one attached hydrogen (secondary N) is 1. The summed E-state index contributed by atoms with van der Waals surface area (Å²) in [5.74, 6) is -0.741. The Hall–Kier alpha value is -1.76. The Labute approximate surface area is 137 Å². The molecule has 0 fully saturated rings. The number of carbonyl (C=O) groups excluding carboxylic acids is 2. The highest BCUT2D eigenvalue weighted by atomic mass is 35.5. The Morgan fingerprint density at radius 2 is 1.91 bits per heavy atom. The first-order chi connectivity index (χ1) is 10.5. The monoisotopic (exact) mass is 350 g/mol. The van der Waals surface area contributed by atoms with Crippen molar-refractivity contribution in [3.05, 3.63) is 28.8 Å². The van der Waals surface area contributed by atoms with E-state index in [9.17, 15) is 22.8 Å². The second-order valence-electron chi connectivity index (χ2n) is 5.53. The first-order valence-electron chi connectivity index (χ1n) is 6.92. The first kappa shape index (κ1) is 19.3. The fourth-order valence-electron chi connectivity index (χ4n) is 1.91. The van der Waals surface area contributed by atoms with Gasteiger partial charge in [-0.2, -0.15) is 13.2 Å². The summed E-state index contributed by atoms with van der Waals surface area (Å²) in [6.07, 6.45) is -4.53. The lowest BCUT2D eigenvalue weighted by atomic mass is 10.2. The number of rotatable bonds is 5. The van der Waals surface area contributed by atoms with E-state index in [1.54, 1.807) is 0 Å². The molecule has 0 aromatic heterocycles. The van der Waals surface area contributed by atoms with Gasteiger partial charge in [0.1, 0.15) is 0 Å². The Bertz CT molecular complexity index is 589. The fourth-order valence-corrected chi connectivity index (χ4v) is 2.07. The van der Waals surface area contributed by atoms with Crippen LogP contribution in [-0.4, -0.2) is 29.8 Å². The molecule has 0 spiro atoms. The predicted molar refractivity (Wildman–Crippen MR) is 82.2 cm³/mol. The summed E-state index contributed by atoms with van der Waals surface area (Å²) in [5.41, 5.74) is -1.05. The molecule has 0 saturated heterocycles. The van der Waals surface area contributed by atoms with Crippen LogP contribution in [-0.2, 0) is 15.8 Å². The quantitative estimate of drug-likeness (QED) is 0.878. The van der Waals surface area contributed by atoms with Gasteiger partial charge in [0, 0.05) is 13.5 Å². The van der Waals surface area contributed by atoms with Gasteiger partial charge in [0.25, 0.3) is 0 Å². The van der Waals surface area contributed by atoms with Crippen molar-refractivity contribution < 1.29 is 22.8 Å². The van der Waals surface area contributed by atoms with Gasteiger partial charge >= 0.3 is 6.18 Å². The van der Waals surface area contributed by atoms with Crippen molar-refractivity contribution in [3.8, 4) is 0 Å². The molecule has 1 rings (SSSR count). The van der Waals surface area contributed by atoms with Crippen molar-refractivity contribution in [2.45, 2.75) is 26.9 Å². The molecular formula is C15H18ClF3N2O2. The van der Waals surface area contributed by atoms with Crippen LogP contribution in [0.25, 0.3) is 0 Å². The molecule has 4 nitrogen and oxygen atoms in total. The van der Waals surface area contributed by atoms with E-state index >= 15 is 0 Å². The molecule has 1 aromatic carbocycles. The van der Waals surface area contributed by atoms with Crippen LogP contribution in [0.3, 0.4) is 0 Å². The van der Waals surface area contributed by atoms with Gasteiger partial charge in [-0.05, 0) is 24.1 Å². The van der Waals surface area contributed by atoms with Crippen LogP contribution in [0.15, 0.2) is 18.2 Å². The third-order valence-corrected chi connectivity index (χ3v) is 3.26. The number of hydrogen-bond acceptors (Lipinski definition) is 2. The minimum absolute atomic E-state index is 0.00964. The SMILES string of the molecule is CC(=O)N(CC(=O)Nc1cc(C(F)(F)F)ccc1Cl)CC(C)C. The van der Waals surface area contributed by atoms with Gasteiger partial charge in [-0.25, -0.2) is 0 Å². The predicted octanol–water partition coefficient (Wildman–Crippen LogP) is 3.80. The number of benzene rings is 1. The summed E-state index contributed by atoms with van der Waals surface area (Å²) in [6.45, 7) is 5.22. The summed E-state index contributed by atoms with van der Waals surface area (Å²) in [4.78, 5) is 24.8. The van der Waals surface area contributed by atoms with Crippen molar-refractivity contribution in [1.29, 1.82) is 0 Å². The number of nitrogens with zero attached hydrogens (tertiary/aromatic N) is 1. The average molecular weight is 351 g/mol. The van der Waals surface area contributed by atoms with Gasteiger partial charge in [0.05, 0.1) is 22.8 Å². The third-order valence-electron chi connectivity index (χ3n) is 2.93. The maximum absolute atomic E-state index is 12.7. The number of amides is 2. The van der Waals surface area contributed by atoms with E-state index < -0.39 is 17.6 Å². The fraction of sp³-hybridized carbons (Fsp3) is 0.467. The zero-order valence-corrected chi connectivity index (χ0v) is 13.8. The molecule has 2 amide bonds. The molecule has 0 unspecified atom stereocenters. The highest BCUT2D eigenvalue weighted by molar-refractivity contribution is 6.33. The number of halogens is 4. The van der Waals surface area contributed by atoms with Gasteiger partial charge in [0.15, 0.2) is 0 Å². The van der Waals surface area contributed by atoms with Crippen molar-refractivity contribution in [3.63, 3.8) is 0 Å². The van der Waals surface area contributed by atoms with Gasteiger partial charge in [0.2, 0.25) is 11.8 Å². The van der Waals surface area contributed by atoms with Crippen LogP contribution < -0.4 is 5.32 Å². The van der Waals surface area contributed by atoms with Crippen LogP contribution >= 0.6 is 11.6 Å². The molecule has 0 atom stereocenters. The van der Waals surface area contributed by atoms with Gasteiger partial charge in [-0.15, -0.1) is 0 Å². The first-order valence-corrected chi connectivity index (χ1v) is 7.30. The highest BCUT2D eigenvalue weighted by Crippen LogP contribution is 2.33. The van der Waals surface area contributed by atoms with Crippen LogP contribution in [0.4, 0.5) is 18.9 Å². The Balaban J connectivity index is 2.86. The summed E-state index contributed by atoms with van der Waals surface area (Å²) >= 11 is 5.81. The van der Waals surface area contributed by atoms with Crippen molar-refractivity contribution >= 4 is 29.1 Å². The molecule has 0 aliphatic heterocycles. The molecule has 0 aliphatic carbocycles. The summed E-state index contributed by atoms with van der Waals surface area (Å²) in [6, 6.07) is 2.66. The number of carbonyl (C=O) groups is 2. The lowest BCUT2D eigenvalue weighted by Gasteiger charge is -2.22. The molecule has 128 valence electrons. The zero-order chi connectivity index (χ0) is 17.8. The summed E-state index contributed by atoms with van der Waals surface area (Å²) in [5, 5.41) is 2.31. The minimum atomic E-state index is -4.53. The second-order valence-corrected chi connectivity index (χ2v) is 5.94. The lowest BCUT2D eigenvalue weighted by molar-refractivity contribution is -0.137. The summed E-state index contributed by atoms with van der Waals surface area (Å²) < 4.78 is 38.1. The maximum atomic E-state index is 12.7. The molecule has 1 aromatic rings. The van der Waals surface area contributed by atoms with E-state index in [1.165, 1.54) is 11.8 Å². The van der Waals surface area contributed by atoms with Crippen LogP contribution in [0, 0.1) is 5.92 Å². The average Bonchev–Trinajstić information content (AvgIpc) is 2.38. The van der Waals surface area contributed by atoms with Gasteiger partial charge in [-0.1, -0.05) is 25.4 Å². The summed E-state index contributed by atoms with van der Waals surface area (Å²) in [7, 11) is 0. The molecule has 0 aliphatic rings. The van der Waals surface area contributed by atoms with Crippen molar-refractivity contribution in [2.75, 3.05) is 18.4 Å². The topological polar surface area (TPSA) is 49.4 Å². The van der Waals surface area contributed by atoms with Crippen molar-refractivity contribution in [2.24, 2.45) is 5.92 Å².